The quantitative estimate of drug-likeness (QED) is 0.866. The van der Waals surface area contributed by atoms with Crippen molar-refractivity contribution < 1.29 is 17.6 Å². The Kier molecular flexibility index (Phi) is 4.71. The number of halogens is 4. The maximum atomic E-state index is 12.8. The zero-order valence-corrected chi connectivity index (χ0v) is 10.0. The lowest BCUT2D eigenvalue weighted by Gasteiger charge is -2.16. The van der Waals surface area contributed by atoms with Crippen LogP contribution in [0.4, 0.5) is 17.6 Å². The summed E-state index contributed by atoms with van der Waals surface area (Å²) in [6, 6.07) is 7.69. The van der Waals surface area contributed by atoms with Crippen molar-refractivity contribution in [1.82, 2.24) is 0 Å². The number of nitrogens with zero attached hydrogens (tertiary/aromatic N) is 2. The topological polar surface area (TPSA) is 73.6 Å². The summed E-state index contributed by atoms with van der Waals surface area (Å²) in [4.78, 5) is 0. The van der Waals surface area contributed by atoms with Gasteiger partial charge in [0.05, 0.1) is 12.1 Å². The molecule has 20 heavy (non-hydrogen) atoms. The second kappa shape index (κ2) is 6.07. The van der Waals surface area contributed by atoms with Crippen molar-refractivity contribution in [3.05, 3.63) is 47.4 Å². The minimum absolute atomic E-state index is 0.201. The Morgan fingerprint density at radius 2 is 1.65 bits per heavy atom. The van der Waals surface area contributed by atoms with Gasteiger partial charge in [-0.2, -0.15) is 23.7 Å². The van der Waals surface area contributed by atoms with Crippen molar-refractivity contribution in [3.8, 4) is 12.1 Å². The molecule has 0 amide bonds. The zero-order chi connectivity index (χ0) is 15.3. The SMILES string of the molecule is N#CC(C#N)C(/C=C(\N)C(F)(F)F)c1ccc(F)cc1. The third-order valence-corrected chi connectivity index (χ3v) is 2.58. The highest BCUT2D eigenvalue weighted by Crippen LogP contribution is 2.30. The average molecular weight is 283 g/mol. The molecule has 1 aromatic rings. The summed E-state index contributed by atoms with van der Waals surface area (Å²) in [5.41, 5.74) is 3.71. The predicted octanol–water partition coefficient (Wildman–Crippen LogP) is 2.98. The Morgan fingerprint density at radius 3 is 2.05 bits per heavy atom. The van der Waals surface area contributed by atoms with Gasteiger partial charge < -0.3 is 5.73 Å². The van der Waals surface area contributed by atoms with Gasteiger partial charge in [-0.05, 0) is 23.8 Å². The molecule has 0 saturated heterocycles. The first kappa shape index (κ1) is 15.5. The molecule has 104 valence electrons. The predicted molar refractivity (Wildman–Crippen MR) is 62.2 cm³/mol. The lowest BCUT2D eigenvalue weighted by atomic mass is 9.87. The standard InChI is InChI=1S/C13H9F4N3/c14-10-3-1-8(2-4-10)11(9(6-18)7-19)5-12(20)13(15,16)17/h1-5,9,11H,20H2/b12-5-. The molecular formula is C13H9F4N3. The van der Waals surface area contributed by atoms with Crippen LogP contribution in [0, 0.1) is 34.4 Å². The number of benzene rings is 1. The lowest BCUT2D eigenvalue weighted by Crippen LogP contribution is -2.21. The third kappa shape index (κ3) is 3.72. The van der Waals surface area contributed by atoms with E-state index in [1.165, 1.54) is 12.1 Å². The van der Waals surface area contributed by atoms with Gasteiger partial charge in [0.1, 0.15) is 17.4 Å². The second-order valence-electron chi connectivity index (χ2n) is 3.93. The number of alkyl halides is 3. The van der Waals surface area contributed by atoms with Crippen molar-refractivity contribution >= 4 is 0 Å². The molecule has 0 spiro atoms. The molecule has 1 atom stereocenters. The van der Waals surface area contributed by atoms with Crippen LogP contribution >= 0.6 is 0 Å². The van der Waals surface area contributed by atoms with Crippen molar-refractivity contribution in [3.63, 3.8) is 0 Å². The van der Waals surface area contributed by atoms with Gasteiger partial charge in [0, 0.05) is 5.92 Å². The number of rotatable bonds is 3. The summed E-state index contributed by atoms with van der Waals surface area (Å²) in [7, 11) is 0. The van der Waals surface area contributed by atoms with Gasteiger partial charge >= 0.3 is 6.18 Å². The smallest absolute Gasteiger partial charge is 0.395 e. The van der Waals surface area contributed by atoms with Gasteiger partial charge in [-0.25, -0.2) is 4.39 Å². The largest absolute Gasteiger partial charge is 0.430 e. The molecule has 0 fully saturated rings. The first-order valence-electron chi connectivity index (χ1n) is 5.38. The van der Waals surface area contributed by atoms with Crippen molar-refractivity contribution in [2.24, 2.45) is 11.7 Å². The highest BCUT2D eigenvalue weighted by Gasteiger charge is 2.33. The summed E-state index contributed by atoms with van der Waals surface area (Å²) in [6.45, 7) is 0. The van der Waals surface area contributed by atoms with Crippen LogP contribution in [0.25, 0.3) is 0 Å². The minimum Gasteiger partial charge on any atom is -0.395 e. The van der Waals surface area contributed by atoms with Gasteiger partial charge in [0.2, 0.25) is 0 Å². The fourth-order valence-corrected chi connectivity index (χ4v) is 1.55. The van der Waals surface area contributed by atoms with Gasteiger partial charge in [-0.1, -0.05) is 12.1 Å². The van der Waals surface area contributed by atoms with Crippen molar-refractivity contribution in [2.75, 3.05) is 0 Å². The van der Waals surface area contributed by atoms with Crippen LogP contribution < -0.4 is 5.73 Å². The number of hydrogen-bond acceptors (Lipinski definition) is 3. The molecular weight excluding hydrogens is 274 g/mol. The molecule has 0 saturated carbocycles. The van der Waals surface area contributed by atoms with Gasteiger partial charge in [0.15, 0.2) is 0 Å². The minimum atomic E-state index is -4.76. The van der Waals surface area contributed by atoms with E-state index in [0.29, 0.717) is 6.08 Å². The Hall–Kier alpha value is -2.54. The van der Waals surface area contributed by atoms with Crippen molar-refractivity contribution in [1.29, 1.82) is 10.5 Å². The van der Waals surface area contributed by atoms with E-state index >= 15 is 0 Å². The van der Waals surface area contributed by atoms with Gasteiger partial charge in [-0.15, -0.1) is 0 Å². The lowest BCUT2D eigenvalue weighted by molar-refractivity contribution is -0.0930. The average Bonchev–Trinajstić information content (AvgIpc) is 2.38. The number of nitrogens with two attached hydrogens (primary N) is 1. The molecule has 7 heteroatoms. The summed E-state index contributed by atoms with van der Waals surface area (Å²) < 4.78 is 50.1. The molecule has 0 aliphatic rings. The first-order chi connectivity index (χ1) is 9.29. The number of hydrogen-bond donors (Lipinski definition) is 1. The Morgan fingerprint density at radius 1 is 1.15 bits per heavy atom. The van der Waals surface area contributed by atoms with E-state index in [-0.39, 0.29) is 5.56 Å². The van der Waals surface area contributed by atoms with Gasteiger partial charge in [-0.3, -0.25) is 0 Å². The van der Waals surface area contributed by atoms with E-state index in [9.17, 15) is 17.6 Å². The van der Waals surface area contributed by atoms with Crippen LogP contribution in [0.15, 0.2) is 36.0 Å². The highest BCUT2D eigenvalue weighted by molar-refractivity contribution is 5.31. The molecule has 0 heterocycles. The van der Waals surface area contributed by atoms with Crippen molar-refractivity contribution in [2.45, 2.75) is 12.1 Å². The van der Waals surface area contributed by atoms with E-state index in [1.54, 1.807) is 12.1 Å². The fraction of sp³-hybridized carbons (Fsp3) is 0.231. The van der Waals surface area contributed by atoms with E-state index in [1.807, 2.05) is 0 Å². The van der Waals surface area contributed by atoms with E-state index in [4.69, 9.17) is 16.3 Å². The Bertz CT molecular complexity index is 562. The Balaban J connectivity index is 3.27. The molecule has 1 rings (SSSR count). The number of nitriles is 2. The maximum absolute atomic E-state index is 12.8. The van der Waals surface area contributed by atoms with Crippen LogP contribution in [-0.4, -0.2) is 6.18 Å². The first-order valence-corrected chi connectivity index (χ1v) is 5.38. The molecule has 0 radical (unpaired) electrons. The number of allylic oxidation sites excluding steroid dienone is 2. The van der Waals surface area contributed by atoms with Gasteiger partial charge in [0.25, 0.3) is 0 Å². The summed E-state index contributed by atoms with van der Waals surface area (Å²) in [6.07, 6.45) is -4.15. The molecule has 0 aliphatic carbocycles. The zero-order valence-electron chi connectivity index (χ0n) is 10.0. The molecule has 1 aromatic carbocycles. The van der Waals surface area contributed by atoms with Crippen LogP contribution in [0.2, 0.25) is 0 Å². The maximum Gasteiger partial charge on any atom is 0.430 e. The van der Waals surface area contributed by atoms with E-state index < -0.39 is 29.5 Å². The molecule has 2 N–H and O–H groups in total. The summed E-state index contributed by atoms with van der Waals surface area (Å²) >= 11 is 0. The highest BCUT2D eigenvalue weighted by atomic mass is 19.4. The monoisotopic (exact) mass is 283 g/mol. The molecule has 0 bridgehead atoms. The molecule has 1 unspecified atom stereocenters. The van der Waals surface area contributed by atoms with E-state index in [0.717, 1.165) is 12.1 Å². The molecule has 0 aromatic heterocycles. The summed E-state index contributed by atoms with van der Waals surface area (Å²) in [5, 5.41) is 17.7. The van der Waals surface area contributed by atoms with E-state index in [2.05, 4.69) is 0 Å². The normalized spacial score (nSPS) is 13.7. The molecule has 0 aliphatic heterocycles. The van der Waals surface area contributed by atoms with Crippen LogP contribution in [0.3, 0.4) is 0 Å². The summed E-state index contributed by atoms with van der Waals surface area (Å²) in [5.74, 6) is -3.13. The molecule has 3 nitrogen and oxygen atoms in total. The van der Waals surface area contributed by atoms with Crippen LogP contribution in [0.5, 0.6) is 0 Å². The second-order valence-corrected chi connectivity index (χ2v) is 3.93. The van der Waals surface area contributed by atoms with Crippen LogP contribution in [-0.2, 0) is 0 Å². The Labute approximate surface area is 112 Å². The third-order valence-electron chi connectivity index (χ3n) is 2.58. The fourth-order valence-electron chi connectivity index (χ4n) is 1.55. The van der Waals surface area contributed by atoms with Crippen LogP contribution in [0.1, 0.15) is 11.5 Å².